The molecule has 1 amide bonds. The minimum absolute atomic E-state index is 0.295. The number of carbonyl (C=O) groups excluding carboxylic acids is 1. The number of benzene rings is 2. The molecule has 0 aliphatic rings. The zero-order valence-electron chi connectivity index (χ0n) is 13.7. The van der Waals surface area contributed by atoms with Crippen LogP contribution in [0.3, 0.4) is 0 Å². The second-order valence-corrected chi connectivity index (χ2v) is 6.18. The molecular formula is C18H17ClN4O. The van der Waals surface area contributed by atoms with Gasteiger partial charge in [0.05, 0.1) is 11.4 Å². The van der Waals surface area contributed by atoms with Gasteiger partial charge in [-0.25, -0.2) is 4.68 Å². The Kier molecular flexibility index (Phi) is 4.36. The molecule has 0 aliphatic heterocycles. The van der Waals surface area contributed by atoms with Crippen LogP contribution in [0.4, 0.5) is 5.69 Å². The number of hydrogen-bond donors (Lipinski definition) is 1. The Bertz CT molecular complexity index is 880. The lowest BCUT2D eigenvalue weighted by Crippen LogP contribution is -2.14. The van der Waals surface area contributed by atoms with Crippen LogP contribution in [0.1, 0.15) is 27.3 Å². The monoisotopic (exact) mass is 340 g/mol. The molecule has 122 valence electrons. The summed E-state index contributed by atoms with van der Waals surface area (Å²) in [7, 11) is 0. The molecule has 0 radical (unpaired) electrons. The van der Waals surface area contributed by atoms with Crippen molar-refractivity contribution >= 4 is 23.2 Å². The van der Waals surface area contributed by atoms with Crippen LogP contribution in [0.2, 0.25) is 5.02 Å². The fourth-order valence-corrected chi connectivity index (χ4v) is 2.71. The van der Waals surface area contributed by atoms with Crippen molar-refractivity contribution < 1.29 is 4.79 Å². The lowest BCUT2D eigenvalue weighted by molar-refractivity contribution is 0.102. The van der Waals surface area contributed by atoms with Crippen molar-refractivity contribution in [2.24, 2.45) is 0 Å². The van der Waals surface area contributed by atoms with Gasteiger partial charge in [-0.05, 0) is 68.3 Å². The summed E-state index contributed by atoms with van der Waals surface area (Å²) in [4.78, 5) is 12.4. The summed E-state index contributed by atoms with van der Waals surface area (Å²) in [6, 6.07) is 13.0. The van der Waals surface area contributed by atoms with Gasteiger partial charge in [0.25, 0.3) is 5.91 Å². The van der Waals surface area contributed by atoms with Crippen LogP contribution in [-0.2, 0) is 0 Å². The lowest BCUT2D eigenvalue weighted by atomic mass is 10.1. The number of nitrogens with zero attached hydrogens (tertiary/aromatic N) is 3. The largest absolute Gasteiger partial charge is 0.321 e. The zero-order chi connectivity index (χ0) is 17.3. The van der Waals surface area contributed by atoms with E-state index >= 15 is 0 Å². The molecule has 0 fully saturated rings. The van der Waals surface area contributed by atoms with E-state index in [-0.39, 0.29) is 5.91 Å². The molecule has 3 aromatic rings. The third-order valence-electron chi connectivity index (χ3n) is 3.66. The molecule has 0 unspecified atom stereocenters. The maximum absolute atomic E-state index is 12.4. The number of anilines is 1. The summed E-state index contributed by atoms with van der Waals surface area (Å²) < 4.78 is 1.68. The van der Waals surface area contributed by atoms with Gasteiger partial charge in [0.2, 0.25) is 0 Å². The smallest absolute Gasteiger partial charge is 0.278 e. The highest BCUT2D eigenvalue weighted by molar-refractivity contribution is 6.30. The first-order valence-corrected chi connectivity index (χ1v) is 7.90. The molecule has 0 atom stereocenters. The Balaban J connectivity index is 1.89. The molecule has 0 bridgehead atoms. The van der Waals surface area contributed by atoms with Crippen molar-refractivity contribution in [1.82, 2.24) is 15.0 Å². The highest BCUT2D eigenvalue weighted by Crippen LogP contribution is 2.18. The number of amides is 1. The summed E-state index contributed by atoms with van der Waals surface area (Å²) in [5.74, 6) is -0.301. The van der Waals surface area contributed by atoms with E-state index in [9.17, 15) is 4.79 Å². The van der Waals surface area contributed by atoms with Crippen molar-refractivity contribution in [2.75, 3.05) is 5.32 Å². The van der Waals surface area contributed by atoms with E-state index in [0.717, 1.165) is 16.8 Å². The Morgan fingerprint density at radius 2 is 1.67 bits per heavy atom. The van der Waals surface area contributed by atoms with Crippen molar-refractivity contribution in [3.8, 4) is 5.69 Å². The van der Waals surface area contributed by atoms with Crippen LogP contribution in [0.5, 0.6) is 0 Å². The van der Waals surface area contributed by atoms with Crippen LogP contribution in [0.15, 0.2) is 42.5 Å². The molecule has 3 rings (SSSR count). The second kappa shape index (κ2) is 6.45. The average Bonchev–Trinajstić information content (AvgIpc) is 2.90. The van der Waals surface area contributed by atoms with Gasteiger partial charge < -0.3 is 5.32 Å². The summed E-state index contributed by atoms with van der Waals surface area (Å²) >= 11 is 5.85. The molecule has 1 N–H and O–H groups in total. The predicted molar refractivity (Wildman–Crippen MR) is 95.0 cm³/mol. The molecule has 5 nitrogen and oxygen atoms in total. The number of halogens is 1. The minimum atomic E-state index is -0.301. The molecule has 0 spiro atoms. The minimum Gasteiger partial charge on any atom is -0.321 e. The number of carbonyl (C=O) groups is 1. The number of aryl methyl sites for hydroxylation is 2. The van der Waals surface area contributed by atoms with E-state index in [2.05, 4.69) is 21.7 Å². The Labute approximate surface area is 145 Å². The first kappa shape index (κ1) is 16.2. The summed E-state index contributed by atoms with van der Waals surface area (Å²) in [5, 5.41) is 11.6. The van der Waals surface area contributed by atoms with Gasteiger partial charge >= 0.3 is 0 Å². The fourth-order valence-electron chi connectivity index (χ4n) is 2.58. The van der Waals surface area contributed by atoms with E-state index in [0.29, 0.717) is 22.1 Å². The quantitative estimate of drug-likeness (QED) is 0.781. The third-order valence-corrected chi connectivity index (χ3v) is 3.91. The molecule has 1 aromatic heterocycles. The van der Waals surface area contributed by atoms with E-state index < -0.39 is 0 Å². The Hall–Kier alpha value is -2.66. The molecule has 0 saturated heterocycles. The standard InChI is InChI=1S/C18H17ClN4O/c1-11-8-12(2)10-16(9-11)23-13(3)17(21-22-23)18(24)20-15-6-4-14(19)5-7-15/h4-10H,1-3H3,(H,20,24). The SMILES string of the molecule is Cc1cc(C)cc(-n2nnc(C(=O)Nc3ccc(Cl)cc3)c2C)c1. The summed E-state index contributed by atoms with van der Waals surface area (Å²) in [6.07, 6.45) is 0. The van der Waals surface area contributed by atoms with Gasteiger partial charge in [-0.1, -0.05) is 22.9 Å². The lowest BCUT2D eigenvalue weighted by Gasteiger charge is -2.07. The van der Waals surface area contributed by atoms with Gasteiger partial charge in [0.15, 0.2) is 5.69 Å². The van der Waals surface area contributed by atoms with E-state index in [1.54, 1.807) is 28.9 Å². The van der Waals surface area contributed by atoms with Crippen molar-refractivity contribution in [2.45, 2.75) is 20.8 Å². The van der Waals surface area contributed by atoms with E-state index in [1.165, 1.54) is 0 Å². The van der Waals surface area contributed by atoms with Gasteiger partial charge in [-0.15, -0.1) is 5.10 Å². The molecule has 24 heavy (non-hydrogen) atoms. The van der Waals surface area contributed by atoms with E-state index in [4.69, 9.17) is 11.6 Å². The van der Waals surface area contributed by atoms with Crippen LogP contribution < -0.4 is 5.32 Å². The van der Waals surface area contributed by atoms with Gasteiger partial charge in [-0.2, -0.15) is 0 Å². The third kappa shape index (κ3) is 3.31. The topological polar surface area (TPSA) is 59.8 Å². The highest BCUT2D eigenvalue weighted by Gasteiger charge is 2.17. The fraction of sp³-hybridized carbons (Fsp3) is 0.167. The van der Waals surface area contributed by atoms with Crippen LogP contribution in [0, 0.1) is 20.8 Å². The number of nitrogens with one attached hydrogen (secondary N) is 1. The first-order valence-electron chi connectivity index (χ1n) is 7.52. The maximum atomic E-state index is 12.4. The van der Waals surface area contributed by atoms with Gasteiger partial charge in [0, 0.05) is 10.7 Å². The molecule has 0 aliphatic carbocycles. The van der Waals surface area contributed by atoms with Gasteiger partial charge in [0.1, 0.15) is 0 Å². The molecular weight excluding hydrogens is 324 g/mol. The maximum Gasteiger partial charge on any atom is 0.278 e. The Morgan fingerprint density at radius 1 is 1.04 bits per heavy atom. The molecule has 1 heterocycles. The summed E-state index contributed by atoms with van der Waals surface area (Å²) in [5.41, 5.74) is 4.79. The van der Waals surface area contributed by atoms with Crippen LogP contribution in [0.25, 0.3) is 5.69 Å². The zero-order valence-corrected chi connectivity index (χ0v) is 14.4. The molecule has 2 aromatic carbocycles. The number of aromatic nitrogens is 3. The van der Waals surface area contributed by atoms with E-state index in [1.807, 2.05) is 32.9 Å². The molecule has 0 saturated carbocycles. The predicted octanol–water partition coefficient (Wildman–Crippen LogP) is 4.10. The number of rotatable bonds is 3. The van der Waals surface area contributed by atoms with Crippen molar-refractivity contribution in [3.05, 3.63) is 70.0 Å². The normalized spacial score (nSPS) is 10.7. The van der Waals surface area contributed by atoms with Crippen LogP contribution in [-0.4, -0.2) is 20.9 Å². The van der Waals surface area contributed by atoms with Crippen molar-refractivity contribution in [1.29, 1.82) is 0 Å². The van der Waals surface area contributed by atoms with Crippen molar-refractivity contribution in [3.63, 3.8) is 0 Å². The van der Waals surface area contributed by atoms with Gasteiger partial charge in [-0.3, -0.25) is 4.79 Å². The second-order valence-electron chi connectivity index (χ2n) is 5.74. The molecule has 6 heteroatoms. The Morgan fingerprint density at radius 3 is 2.29 bits per heavy atom. The summed E-state index contributed by atoms with van der Waals surface area (Å²) in [6.45, 7) is 5.88. The average molecular weight is 341 g/mol. The highest BCUT2D eigenvalue weighted by atomic mass is 35.5. The van der Waals surface area contributed by atoms with Crippen LogP contribution >= 0.6 is 11.6 Å². The first-order chi connectivity index (χ1) is 11.4. The number of hydrogen-bond acceptors (Lipinski definition) is 3.